The van der Waals surface area contributed by atoms with Gasteiger partial charge in [-0.05, 0) is 24.6 Å². The van der Waals surface area contributed by atoms with E-state index in [1.165, 1.54) is 5.69 Å². The van der Waals surface area contributed by atoms with E-state index in [1.54, 1.807) is 0 Å². The Morgan fingerprint density at radius 2 is 2.06 bits per heavy atom. The predicted octanol–water partition coefficient (Wildman–Crippen LogP) is 1.09. The van der Waals surface area contributed by atoms with Gasteiger partial charge in [0.1, 0.15) is 0 Å². The molecule has 2 N–H and O–H groups in total. The highest BCUT2D eigenvalue weighted by atomic mass is 16.3. The normalized spacial score (nSPS) is 26.5. The fourth-order valence-corrected chi connectivity index (χ4v) is 2.25. The Labute approximate surface area is 97.1 Å². The summed E-state index contributed by atoms with van der Waals surface area (Å²) >= 11 is 0. The van der Waals surface area contributed by atoms with E-state index >= 15 is 0 Å². The van der Waals surface area contributed by atoms with Gasteiger partial charge in [0.2, 0.25) is 0 Å². The number of nitrogens with one attached hydrogen (secondary N) is 1. The summed E-state index contributed by atoms with van der Waals surface area (Å²) < 4.78 is 0. The number of rotatable bonds is 2. The second-order valence-electron chi connectivity index (χ2n) is 4.59. The van der Waals surface area contributed by atoms with Crippen molar-refractivity contribution in [3.05, 3.63) is 30.3 Å². The third kappa shape index (κ3) is 2.54. The van der Waals surface area contributed by atoms with Crippen LogP contribution in [0.2, 0.25) is 0 Å². The average molecular weight is 220 g/mol. The van der Waals surface area contributed by atoms with Gasteiger partial charge in [0, 0.05) is 18.8 Å². The van der Waals surface area contributed by atoms with Crippen molar-refractivity contribution in [1.82, 2.24) is 5.32 Å². The maximum Gasteiger partial charge on any atom is 0.0647 e. The van der Waals surface area contributed by atoms with E-state index in [2.05, 4.69) is 29.3 Å². The van der Waals surface area contributed by atoms with Crippen LogP contribution in [0.15, 0.2) is 30.3 Å². The number of anilines is 1. The lowest BCUT2D eigenvalue weighted by molar-refractivity contribution is 0.259. The van der Waals surface area contributed by atoms with Crippen LogP contribution < -0.4 is 10.2 Å². The zero-order valence-electron chi connectivity index (χ0n) is 9.76. The number of hydrogen-bond acceptors (Lipinski definition) is 3. The standard InChI is InChI=1S/C13H20N2O/c1-11-7-14-8-13(10-16)15(9-11)12-5-3-2-4-6-12/h2-6,11,13-14,16H,7-10H2,1H3. The number of aliphatic hydroxyl groups excluding tert-OH is 1. The lowest BCUT2D eigenvalue weighted by Gasteiger charge is -2.31. The molecule has 0 bridgehead atoms. The largest absolute Gasteiger partial charge is 0.394 e. The van der Waals surface area contributed by atoms with Crippen LogP contribution in [-0.4, -0.2) is 37.4 Å². The van der Waals surface area contributed by atoms with Crippen molar-refractivity contribution in [1.29, 1.82) is 0 Å². The SMILES string of the molecule is CC1CNCC(CO)N(c2ccccc2)C1. The number of aliphatic hydroxyl groups is 1. The molecule has 3 nitrogen and oxygen atoms in total. The van der Waals surface area contributed by atoms with Gasteiger partial charge in [-0.3, -0.25) is 0 Å². The molecule has 2 atom stereocenters. The first-order chi connectivity index (χ1) is 7.81. The number of benzene rings is 1. The number of nitrogens with zero attached hydrogens (tertiary/aromatic N) is 1. The number of hydrogen-bond donors (Lipinski definition) is 2. The molecule has 1 heterocycles. The second kappa shape index (κ2) is 5.32. The van der Waals surface area contributed by atoms with E-state index in [0.29, 0.717) is 5.92 Å². The first-order valence-electron chi connectivity index (χ1n) is 5.94. The minimum Gasteiger partial charge on any atom is -0.394 e. The summed E-state index contributed by atoms with van der Waals surface area (Å²) in [5.41, 5.74) is 1.21. The Kier molecular flexibility index (Phi) is 3.80. The molecule has 16 heavy (non-hydrogen) atoms. The molecule has 1 aromatic rings. The van der Waals surface area contributed by atoms with Crippen molar-refractivity contribution in [2.24, 2.45) is 5.92 Å². The highest BCUT2D eigenvalue weighted by Crippen LogP contribution is 2.19. The van der Waals surface area contributed by atoms with Gasteiger partial charge in [-0.15, -0.1) is 0 Å². The van der Waals surface area contributed by atoms with Crippen LogP contribution >= 0.6 is 0 Å². The first kappa shape index (κ1) is 11.4. The number of para-hydroxylation sites is 1. The monoisotopic (exact) mass is 220 g/mol. The topological polar surface area (TPSA) is 35.5 Å². The van der Waals surface area contributed by atoms with E-state index < -0.39 is 0 Å². The molecule has 1 fully saturated rings. The van der Waals surface area contributed by atoms with Crippen molar-refractivity contribution >= 4 is 5.69 Å². The maximum absolute atomic E-state index is 9.45. The molecule has 2 rings (SSSR count). The van der Waals surface area contributed by atoms with Crippen molar-refractivity contribution in [2.45, 2.75) is 13.0 Å². The van der Waals surface area contributed by atoms with Crippen LogP contribution in [0, 0.1) is 5.92 Å². The zero-order chi connectivity index (χ0) is 11.4. The van der Waals surface area contributed by atoms with Gasteiger partial charge in [-0.2, -0.15) is 0 Å². The van der Waals surface area contributed by atoms with E-state index in [0.717, 1.165) is 19.6 Å². The molecule has 0 aromatic heterocycles. The van der Waals surface area contributed by atoms with Gasteiger partial charge >= 0.3 is 0 Å². The van der Waals surface area contributed by atoms with Crippen LogP contribution in [0.3, 0.4) is 0 Å². The summed E-state index contributed by atoms with van der Waals surface area (Å²) in [6.45, 7) is 5.33. The van der Waals surface area contributed by atoms with E-state index in [4.69, 9.17) is 0 Å². The predicted molar refractivity (Wildman–Crippen MR) is 66.7 cm³/mol. The molecule has 1 saturated heterocycles. The fraction of sp³-hybridized carbons (Fsp3) is 0.538. The van der Waals surface area contributed by atoms with Crippen molar-refractivity contribution in [2.75, 3.05) is 31.1 Å². The van der Waals surface area contributed by atoms with Gasteiger partial charge in [-0.1, -0.05) is 25.1 Å². The Balaban J connectivity index is 2.20. The minimum absolute atomic E-state index is 0.187. The summed E-state index contributed by atoms with van der Waals surface area (Å²) in [7, 11) is 0. The van der Waals surface area contributed by atoms with Crippen LogP contribution in [0.25, 0.3) is 0 Å². The van der Waals surface area contributed by atoms with E-state index in [9.17, 15) is 5.11 Å². The van der Waals surface area contributed by atoms with Crippen LogP contribution in [0.4, 0.5) is 5.69 Å². The molecule has 2 unspecified atom stereocenters. The molecule has 1 aromatic carbocycles. The summed E-state index contributed by atoms with van der Waals surface area (Å²) in [6, 6.07) is 10.5. The van der Waals surface area contributed by atoms with Crippen LogP contribution in [-0.2, 0) is 0 Å². The molecule has 0 amide bonds. The third-order valence-electron chi connectivity index (χ3n) is 3.12. The molecular weight excluding hydrogens is 200 g/mol. The Morgan fingerprint density at radius 3 is 2.75 bits per heavy atom. The molecule has 1 aliphatic rings. The van der Waals surface area contributed by atoms with Gasteiger partial charge in [0.05, 0.1) is 12.6 Å². The quantitative estimate of drug-likeness (QED) is 0.783. The van der Waals surface area contributed by atoms with Gasteiger partial charge in [-0.25, -0.2) is 0 Å². The molecule has 0 spiro atoms. The minimum atomic E-state index is 0.187. The molecule has 0 aliphatic carbocycles. The molecule has 3 heteroatoms. The van der Waals surface area contributed by atoms with Crippen molar-refractivity contribution < 1.29 is 5.11 Å². The van der Waals surface area contributed by atoms with Crippen molar-refractivity contribution in [3.8, 4) is 0 Å². The maximum atomic E-state index is 9.45. The summed E-state index contributed by atoms with van der Waals surface area (Å²) in [4.78, 5) is 2.31. The van der Waals surface area contributed by atoms with Gasteiger partial charge in [0.15, 0.2) is 0 Å². The molecular formula is C13H20N2O. The zero-order valence-corrected chi connectivity index (χ0v) is 9.76. The summed E-state index contributed by atoms with van der Waals surface area (Å²) in [6.07, 6.45) is 0. The van der Waals surface area contributed by atoms with Crippen LogP contribution in [0.1, 0.15) is 6.92 Å². The fourth-order valence-electron chi connectivity index (χ4n) is 2.25. The first-order valence-corrected chi connectivity index (χ1v) is 5.94. The summed E-state index contributed by atoms with van der Waals surface area (Å²) in [5.74, 6) is 0.608. The van der Waals surface area contributed by atoms with Gasteiger partial charge < -0.3 is 15.3 Å². The Morgan fingerprint density at radius 1 is 1.31 bits per heavy atom. The molecule has 88 valence electrons. The molecule has 0 radical (unpaired) electrons. The lowest BCUT2D eigenvalue weighted by Crippen LogP contribution is -2.42. The molecule has 0 saturated carbocycles. The van der Waals surface area contributed by atoms with Crippen molar-refractivity contribution in [3.63, 3.8) is 0 Å². The summed E-state index contributed by atoms with van der Waals surface area (Å²) in [5, 5.41) is 12.8. The second-order valence-corrected chi connectivity index (χ2v) is 4.59. The van der Waals surface area contributed by atoms with Gasteiger partial charge in [0.25, 0.3) is 0 Å². The van der Waals surface area contributed by atoms with E-state index in [-0.39, 0.29) is 12.6 Å². The van der Waals surface area contributed by atoms with Crippen LogP contribution in [0.5, 0.6) is 0 Å². The molecule has 1 aliphatic heterocycles. The Bertz CT molecular complexity index is 315. The Hall–Kier alpha value is -1.06. The smallest absolute Gasteiger partial charge is 0.0647 e. The third-order valence-corrected chi connectivity index (χ3v) is 3.12. The highest BCUT2D eigenvalue weighted by molar-refractivity contribution is 5.47. The average Bonchev–Trinajstić information content (AvgIpc) is 2.52. The highest BCUT2D eigenvalue weighted by Gasteiger charge is 2.23. The van der Waals surface area contributed by atoms with E-state index in [1.807, 2.05) is 18.2 Å². The lowest BCUT2D eigenvalue weighted by atomic mass is 10.1.